The Hall–Kier alpha value is -2.67. The lowest BCUT2D eigenvalue weighted by Crippen LogP contribution is -2.35. The normalized spacial score (nSPS) is 17.9. The number of carbonyl (C=O) groups is 1. The highest BCUT2D eigenvalue weighted by Gasteiger charge is 2.36. The van der Waals surface area contributed by atoms with E-state index in [1.807, 2.05) is 39.8 Å². The number of hydrogen-bond donors (Lipinski definition) is 1. The van der Waals surface area contributed by atoms with Crippen LogP contribution in [0.2, 0.25) is 0 Å². The van der Waals surface area contributed by atoms with E-state index in [4.69, 9.17) is 4.74 Å². The van der Waals surface area contributed by atoms with Crippen LogP contribution >= 0.6 is 0 Å². The van der Waals surface area contributed by atoms with Crippen molar-refractivity contribution in [2.75, 3.05) is 5.75 Å². The van der Waals surface area contributed by atoms with Gasteiger partial charge in [-0.1, -0.05) is 44.5 Å². The largest absolute Gasteiger partial charge is 0.511 e. The van der Waals surface area contributed by atoms with Crippen LogP contribution in [0.15, 0.2) is 41.2 Å². The van der Waals surface area contributed by atoms with Crippen molar-refractivity contribution in [3.05, 3.63) is 64.0 Å². The van der Waals surface area contributed by atoms with E-state index >= 15 is 0 Å². The lowest BCUT2D eigenvalue weighted by molar-refractivity contribution is -0.145. The van der Waals surface area contributed by atoms with Gasteiger partial charge in [0.1, 0.15) is 17.4 Å². The van der Waals surface area contributed by atoms with Crippen molar-refractivity contribution in [3.8, 4) is 0 Å². The van der Waals surface area contributed by atoms with Crippen LogP contribution in [0.3, 0.4) is 0 Å². The third kappa shape index (κ3) is 4.88. The van der Waals surface area contributed by atoms with Crippen molar-refractivity contribution < 1.29 is 23.1 Å². The fraction of sp³-hybridized carbons (Fsp3) is 0.440. The Morgan fingerprint density at radius 1 is 1.12 bits per heavy atom. The fourth-order valence-electron chi connectivity index (χ4n) is 4.21. The van der Waals surface area contributed by atoms with Crippen molar-refractivity contribution in [3.63, 3.8) is 0 Å². The molecule has 0 bridgehead atoms. The number of benzene rings is 1. The van der Waals surface area contributed by atoms with Crippen molar-refractivity contribution in [1.29, 1.82) is 0 Å². The quantitative estimate of drug-likeness (QED) is 0.615. The molecule has 32 heavy (non-hydrogen) atoms. The number of ether oxygens (including phenoxy) is 1. The SMILES string of the molecule is CCc1cc(C)cc(CC)c1C1=C(O)CC(C(C)CS(=O)(=O)c2ccc(C)cn2)OC1=O. The number of esters is 1. The number of aryl methyl sites for hydroxylation is 4. The predicted molar refractivity (Wildman–Crippen MR) is 124 cm³/mol. The predicted octanol–water partition coefficient (Wildman–Crippen LogP) is 4.52. The van der Waals surface area contributed by atoms with Crippen LogP contribution in [0.4, 0.5) is 0 Å². The molecule has 1 aromatic carbocycles. The lowest BCUT2D eigenvalue weighted by atomic mass is 9.86. The van der Waals surface area contributed by atoms with Gasteiger partial charge in [0.15, 0.2) is 14.9 Å². The molecule has 2 atom stereocenters. The molecule has 1 N–H and O–H groups in total. The molecule has 1 aliphatic rings. The molecule has 6 nitrogen and oxygen atoms in total. The maximum absolute atomic E-state index is 13.0. The number of hydrogen-bond acceptors (Lipinski definition) is 6. The molecule has 2 unspecified atom stereocenters. The first-order chi connectivity index (χ1) is 15.1. The number of carbonyl (C=O) groups excluding carboxylic acids is 1. The monoisotopic (exact) mass is 457 g/mol. The molecule has 0 fully saturated rings. The topological polar surface area (TPSA) is 93.6 Å². The van der Waals surface area contributed by atoms with E-state index in [0.717, 1.165) is 40.7 Å². The molecule has 0 radical (unpaired) electrons. The first-order valence-electron chi connectivity index (χ1n) is 11.0. The Labute approximate surface area is 190 Å². The summed E-state index contributed by atoms with van der Waals surface area (Å²) in [5, 5.41) is 10.9. The molecule has 1 aliphatic heterocycles. The number of sulfone groups is 1. The van der Waals surface area contributed by atoms with Crippen LogP contribution in [0, 0.1) is 19.8 Å². The molecule has 0 aliphatic carbocycles. The number of nitrogens with zero attached hydrogens (tertiary/aromatic N) is 1. The standard InChI is InChI=1S/C25H31NO5S/c1-6-18-10-16(4)11-19(7-2)23(18)24-20(27)12-21(31-25(24)28)17(5)14-32(29,30)22-9-8-15(3)13-26-22/h8-11,13,17,21,27H,6-7,12,14H2,1-5H3. The van der Waals surface area contributed by atoms with Gasteiger partial charge in [-0.25, -0.2) is 18.2 Å². The van der Waals surface area contributed by atoms with Gasteiger partial charge >= 0.3 is 5.97 Å². The Balaban J connectivity index is 1.89. The Morgan fingerprint density at radius 2 is 1.75 bits per heavy atom. The van der Waals surface area contributed by atoms with Gasteiger partial charge in [0.05, 0.1) is 5.75 Å². The molecular weight excluding hydrogens is 426 g/mol. The second-order valence-corrected chi connectivity index (χ2v) is 10.5. The maximum atomic E-state index is 13.0. The van der Waals surface area contributed by atoms with E-state index in [2.05, 4.69) is 4.98 Å². The van der Waals surface area contributed by atoms with E-state index in [1.165, 1.54) is 12.3 Å². The minimum atomic E-state index is -3.65. The van der Waals surface area contributed by atoms with E-state index in [1.54, 1.807) is 13.0 Å². The van der Waals surface area contributed by atoms with Crippen LogP contribution < -0.4 is 0 Å². The second-order valence-electron chi connectivity index (χ2n) is 8.57. The van der Waals surface area contributed by atoms with Crippen LogP contribution in [0.1, 0.15) is 55.0 Å². The van der Waals surface area contributed by atoms with Gasteiger partial charge in [-0.15, -0.1) is 0 Å². The summed E-state index contributed by atoms with van der Waals surface area (Å²) in [6, 6.07) is 7.23. The average molecular weight is 458 g/mol. The van der Waals surface area contributed by atoms with Crippen LogP contribution in [-0.2, 0) is 32.2 Å². The van der Waals surface area contributed by atoms with Crippen LogP contribution in [0.5, 0.6) is 0 Å². The molecule has 0 amide bonds. The number of rotatable bonds is 7. The smallest absolute Gasteiger partial charge is 0.342 e. The van der Waals surface area contributed by atoms with Gasteiger partial charge < -0.3 is 9.84 Å². The van der Waals surface area contributed by atoms with Crippen molar-refractivity contribution in [1.82, 2.24) is 4.98 Å². The molecule has 3 rings (SSSR count). The Kier molecular flexibility index (Phi) is 7.08. The van der Waals surface area contributed by atoms with E-state index in [0.29, 0.717) is 0 Å². The third-order valence-corrected chi connectivity index (χ3v) is 7.77. The van der Waals surface area contributed by atoms with Gasteiger partial charge in [0.25, 0.3) is 0 Å². The van der Waals surface area contributed by atoms with E-state index < -0.39 is 27.8 Å². The Morgan fingerprint density at radius 3 is 2.25 bits per heavy atom. The maximum Gasteiger partial charge on any atom is 0.342 e. The average Bonchev–Trinajstić information content (AvgIpc) is 2.73. The summed E-state index contributed by atoms with van der Waals surface area (Å²) in [4.78, 5) is 17.0. The minimum absolute atomic E-state index is 0.00244. The van der Waals surface area contributed by atoms with Gasteiger partial charge in [0.2, 0.25) is 0 Å². The van der Waals surface area contributed by atoms with E-state index in [-0.39, 0.29) is 28.5 Å². The number of aliphatic hydroxyl groups excluding tert-OH is 1. The molecular formula is C25H31NO5S. The van der Waals surface area contributed by atoms with Gasteiger partial charge in [-0.2, -0.15) is 0 Å². The van der Waals surface area contributed by atoms with Crippen molar-refractivity contribution >= 4 is 21.4 Å². The minimum Gasteiger partial charge on any atom is -0.511 e. The number of cyclic esters (lactones) is 1. The van der Waals surface area contributed by atoms with Crippen LogP contribution in [0.25, 0.3) is 5.57 Å². The summed E-state index contributed by atoms with van der Waals surface area (Å²) in [5.41, 5.74) is 4.89. The zero-order valence-corrected chi connectivity index (χ0v) is 20.1. The summed E-state index contributed by atoms with van der Waals surface area (Å²) < 4.78 is 31.2. The van der Waals surface area contributed by atoms with Crippen molar-refractivity contribution in [2.45, 2.75) is 65.0 Å². The molecule has 2 aromatic rings. The zero-order chi connectivity index (χ0) is 23.6. The highest BCUT2D eigenvalue weighted by Crippen LogP contribution is 2.35. The first kappa shape index (κ1) is 24.0. The zero-order valence-electron chi connectivity index (χ0n) is 19.3. The highest BCUT2D eigenvalue weighted by atomic mass is 32.2. The molecule has 0 saturated heterocycles. The fourth-order valence-corrected chi connectivity index (χ4v) is 5.78. The molecule has 7 heteroatoms. The van der Waals surface area contributed by atoms with E-state index in [9.17, 15) is 18.3 Å². The number of aromatic nitrogens is 1. The van der Waals surface area contributed by atoms with Crippen LogP contribution in [-0.4, -0.2) is 36.3 Å². The highest BCUT2D eigenvalue weighted by molar-refractivity contribution is 7.91. The number of aliphatic hydroxyl groups is 1. The first-order valence-corrected chi connectivity index (χ1v) is 12.6. The Bertz CT molecular complexity index is 1120. The van der Waals surface area contributed by atoms with Gasteiger partial charge in [-0.3, -0.25) is 0 Å². The lowest BCUT2D eigenvalue weighted by Gasteiger charge is -2.30. The van der Waals surface area contributed by atoms with Gasteiger partial charge in [0, 0.05) is 18.5 Å². The molecule has 0 spiro atoms. The molecule has 0 saturated carbocycles. The number of pyridine rings is 1. The van der Waals surface area contributed by atoms with Crippen molar-refractivity contribution in [2.24, 2.45) is 5.92 Å². The molecule has 1 aromatic heterocycles. The summed E-state index contributed by atoms with van der Waals surface area (Å²) in [5.74, 6) is -1.39. The summed E-state index contributed by atoms with van der Waals surface area (Å²) in [6.45, 7) is 9.58. The third-order valence-electron chi connectivity index (χ3n) is 5.92. The summed E-state index contributed by atoms with van der Waals surface area (Å²) in [7, 11) is -3.65. The molecule has 172 valence electrons. The van der Waals surface area contributed by atoms with Gasteiger partial charge in [-0.05, 0) is 55.0 Å². The second kappa shape index (κ2) is 9.45. The summed E-state index contributed by atoms with van der Waals surface area (Å²) in [6.07, 6.45) is 2.30. The molecule has 2 heterocycles. The summed E-state index contributed by atoms with van der Waals surface area (Å²) >= 11 is 0.